The van der Waals surface area contributed by atoms with Gasteiger partial charge in [0.05, 0.1) is 24.6 Å². The van der Waals surface area contributed by atoms with Crippen LogP contribution >= 0.6 is 15.9 Å². The molecule has 0 saturated heterocycles. The van der Waals surface area contributed by atoms with Crippen molar-refractivity contribution in [3.8, 4) is 11.5 Å². The Morgan fingerprint density at radius 3 is 1.61 bits per heavy atom. The van der Waals surface area contributed by atoms with Gasteiger partial charge >= 0.3 is 0 Å². The van der Waals surface area contributed by atoms with Crippen LogP contribution in [0.4, 0.5) is 17.1 Å². The number of benzene rings is 3. The first-order valence-electron chi connectivity index (χ1n) is 14.7. The molecule has 0 aliphatic carbocycles. The molecule has 0 atom stereocenters. The molecule has 4 heteroatoms. The van der Waals surface area contributed by atoms with Crippen LogP contribution < -0.4 is 14.4 Å². The Bertz CT molecular complexity index is 1000. The van der Waals surface area contributed by atoms with Gasteiger partial charge in [0.25, 0.3) is 0 Å². The highest BCUT2D eigenvalue weighted by atomic mass is 79.9. The van der Waals surface area contributed by atoms with Gasteiger partial charge in [0, 0.05) is 28.4 Å². The summed E-state index contributed by atoms with van der Waals surface area (Å²) in [6.07, 6.45) is 15.0. The largest absolute Gasteiger partial charge is 0.493 e. The Balaban J connectivity index is 1.79. The normalized spacial score (nSPS) is 10.9. The summed E-state index contributed by atoms with van der Waals surface area (Å²) in [5.41, 5.74) is 3.20. The Morgan fingerprint density at radius 1 is 0.553 bits per heavy atom. The van der Waals surface area contributed by atoms with Gasteiger partial charge in [0.1, 0.15) is 11.5 Å². The summed E-state index contributed by atoms with van der Waals surface area (Å²) in [6.45, 7) is 5.98. The van der Waals surface area contributed by atoms with Crippen LogP contribution in [0, 0.1) is 0 Å². The van der Waals surface area contributed by atoms with E-state index in [0.29, 0.717) is 0 Å². The van der Waals surface area contributed by atoms with Crippen molar-refractivity contribution in [3.63, 3.8) is 0 Å². The number of halogens is 1. The first-order valence-corrected chi connectivity index (χ1v) is 15.5. The Kier molecular flexibility index (Phi) is 14.2. The van der Waals surface area contributed by atoms with Crippen LogP contribution in [0.5, 0.6) is 11.5 Å². The summed E-state index contributed by atoms with van der Waals surface area (Å²) >= 11 is 3.78. The van der Waals surface area contributed by atoms with Gasteiger partial charge in [-0.2, -0.15) is 0 Å². The molecular formula is C34H46BrNO2. The zero-order chi connectivity index (χ0) is 26.8. The number of para-hydroxylation sites is 2. The Hall–Kier alpha value is -2.46. The molecule has 0 saturated carbocycles. The third-order valence-electron chi connectivity index (χ3n) is 6.76. The second-order valence-corrected chi connectivity index (χ2v) is 10.9. The van der Waals surface area contributed by atoms with Crippen LogP contribution in [0.1, 0.15) is 90.9 Å². The number of ether oxygens (including phenoxy) is 2. The predicted molar refractivity (Wildman–Crippen MR) is 167 cm³/mol. The third kappa shape index (κ3) is 10.4. The number of hydrogen-bond donors (Lipinski definition) is 0. The molecule has 0 amide bonds. The second-order valence-electron chi connectivity index (χ2n) is 10.0. The molecule has 206 valence electrons. The predicted octanol–water partition coefficient (Wildman–Crippen LogP) is 11.4. The van der Waals surface area contributed by atoms with Crippen molar-refractivity contribution in [2.24, 2.45) is 0 Å². The van der Waals surface area contributed by atoms with E-state index in [1.165, 1.54) is 64.2 Å². The van der Waals surface area contributed by atoms with E-state index in [-0.39, 0.29) is 0 Å². The van der Waals surface area contributed by atoms with E-state index in [4.69, 9.17) is 9.47 Å². The van der Waals surface area contributed by atoms with E-state index < -0.39 is 0 Å². The molecule has 0 unspecified atom stereocenters. The molecular weight excluding hydrogens is 534 g/mol. The molecule has 0 bridgehead atoms. The van der Waals surface area contributed by atoms with Gasteiger partial charge in [-0.05, 0) is 53.0 Å². The third-order valence-corrected chi connectivity index (χ3v) is 7.43. The van der Waals surface area contributed by atoms with Gasteiger partial charge in [-0.3, -0.25) is 0 Å². The molecule has 3 nitrogen and oxygen atoms in total. The van der Waals surface area contributed by atoms with Gasteiger partial charge in [-0.25, -0.2) is 0 Å². The molecule has 0 aliphatic rings. The highest BCUT2D eigenvalue weighted by Crippen LogP contribution is 2.41. The molecule has 3 aromatic rings. The molecule has 3 aromatic carbocycles. The number of rotatable bonds is 19. The van der Waals surface area contributed by atoms with Crippen LogP contribution in [0.2, 0.25) is 0 Å². The highest BCUT2D eigenvalue weighted by molar-refractivity contribution is 9.10. The Morgan fingerprint density at radius 2 is 1.05 bits per heavy atom. The fourth-order valence-electron chi connectivity index (χ4n) is 4.63. The van der Waals surface area contributed by atoms with Crippen molar-refractivity contribution >= 4 is 33.0 Å². The van der Waals surface area contributed by atoms with Crippen LogP contribution in [0.25, 0.3) is 0 Å². The van der Waals surface area contributed by atoms with E-state index in [0.717, 1.165) is 59.1 Å². The van der Waals surface area contributed by atoms with Gasteiger partial charge in [0.2, 0.25) is 0 Å². The van der Waals surface area contributed by atoms with E-state index in [9.17, 15) is 0 Å². The lowest BCUT2D eigenvalue weighted by atomic mass is 10.1. The minimum Gasteiger partial charge on any atom is -0.493 e. The summed E-state index contributed by atoms with van der Waals surface area (Å²) < 4.78 is 13.6. The van der Waals surface area contributed by atoms with Crippen molar-refractivity contribution in [2.75, 3.05) is 18.1 Å². The fraction of sp³-hybridized carbons (Fsp3) is 0.471. The first kappa shape index (κ1) is 30.1. The molecule has 0 N–H and O–H groups in total. The molecule has 0 aromatic heterocycles. The molecule has 3 rings (SSSR count). The topological polar surface area (TPSA) is 21.7 Å². The molecule has 0 spiro atoms. The molecule has 0 fully saturated rings. The quantitative estimate of drug-likeness (QED) is 0.132. The average Bonchev–Trinajstić information content (AvgIpc) is 2.94. The maximum absolute atomic E-state index is 6.30. The summed E-state index contributed by atoms with van der Waals surface area (Å²) in [5.74, 6) is 1.73. The molecule has 38 heavy (non-hydrogen) atoms. The number of unbranched alkanes of at least 4 members (excludes halogenated alkanes) is 10. The van der Waals surface area contributed by atoms with E-state index >= 15 is 0 Å². The fourth-order valence-corrected chi connectivity index (χ4v) is 5.10. The number of nitrogens with zero attached hydrogens (tertiary/aromatic N) is 1. The lowest BCUT2D eigenvalue weighted by molar-refractivity contribution is 0.290. The lowest BCUT2D eigenvalue weighted by Crippen LogP contribution is -2.11. The number of hydrogen-bond acceptors (Lipinski definition) is 3. The summed E-state index contributed by atoms with van der Waals surface area (Å²) in [5, 5.41) is 0. The van der Waals surface area contributed by atoms with Gasteiger partial charge in [-0.1, -0.05) is 108 Å². The van der Waals surface area contributed by atoms with Crippen LogP contribution in [-0.4, -0.2) is 13.2 Å². The first-order chi connectivity index (χ1) is 18.7. The molecule has 0 heterocycles. The smallest absolute Gasteiger partial charge is 0.125 e. The highest BCUT2D eigenvalue weighted by Gasteiger charge is 2.17. The van der Waals surface area contributed by atoms with Crippen molar-refractivity contribution in [1.82, 2.24) is 0 Å². The van der Waals surface area contributed by atoms with Gasteiger partial charge in [-0.15, -0.1) is 0 Å². The average molecular weight is 581 g/mol. The van der Waals surface area contributed by atoms with Gasteiger partial charge < -0.3 is 14.4 Å². The molecule has 0 aliphatic heterocycles. The van der Waals surface area contributed by atoms with Crippen LogP contribution in [-0.2, 0) is 0 Å². The van der Waals surface area contributed by atoms with Gasteiger partial charge in [0.15, 0.2) is 0 Å². The maximum atomic E-state index is 6.30. The van der Waals surface area contributed by atoms with E-state index in [1.807, 2.05) is 6.07 Å². The Labute approximate surface area is 239 Å². The lowest BCUT2D eigenvalue weighted by Gasteiger charge is -2.27. The standard InChI is InChI=1S/C34H46BrNO2/c1-3-5-7-9-11-18-24-37-31-26-30(27-32(28-31)38-25-19-12-10-8-6-4-2)36(29-20-14-13-15-21-29)34-23-17-16-22-33(34)35/h13-17,20-23,26-28H,3-12,18-19,24-25H2,1-2H3. The summed E-state index contributed by atoms with van der Waals surface area (Å²) in [6, 6.07) is 25.2. The second kappa shape index (κ2) is 17.9. The molecule has 0 radical (unpaired) electrons. The number of anilines is 3. The van der Waals surface area contributed by atoms with E-state index in [1.54, 1.807) is 0 Å². The SMILES string of the molecule is CCCCCCCCOc1cc(OCCCCCCCC)cc(N(c2ccccc2)c2ccccc2Br)c1. The monoisotopic (exact) mass is 579 g/mol. The van der Waals surface area contributed by atoms with Crippen molar-refractivity contribution < 1.29 is 9.47 Å². The van der Waals surface area contributed by atoms with Crippen molar-refractivity contribution in [3.05, 3.63) is 77.3 Å². The zero-order valence-electron chi connectivity index (χ0n) is 23.5. The zero-order valence-corrected chi connectivity index (χ0v) is 25.1. The minimum absolute atomic E-state index is 0.729. The van der Waals surface area contributed by atoms with E-state index in [2.05, 4.69) is 101 Å². The van der Waals surface area contributed by atoms with Crippen LogP contribution in [0.3, 0.4) is 0 Å². The van der Waals surface area contributed by atoms with Crippen molar-refractivity contribution in [2.45, 2.75) is 90.9 Å². The summed E-state index contributed by atoms with van der Waals surface area (Å²) in [7, 11) is 0. The van der Waals surface area contributed by atoms with Crippen molar-refractivity contribution in [1.29, 1.82) is 0 Å². The summed E-state index contributed by atoms with van der Waals surface area (Å²) in [4.78, 5) is 2.26. The minimum atomic E-state index is 0.729. The van der Waals surface area contributed by atoms with Crippen LogP contribution in [0.15, 0.2) is 77.3 Å². The maximum Gasteiger partial charge on any atom is 0.125 e.